The minimum Gasteiger partial charge on any atom is -0.489 e. The molecule has 3 aliphatic rings. The number of carboxylic acids is 1. The first-order valence-electron chi connectivity index (χ1n) is 11.9. The molecule has 0 heterocycles. The molecule has 0 radical (unpaired) electrons. The Morgan fingerprint density at radius 3 is 2.24 bits per heavy atom. The SMILES string of the molecule is C#CC(=O)N(c1ccc(OC2CC3(C2)CC(C)(C)C3)c(Cl)c1)C1(C(=O)O)CC(C)CC(C)C1. The lowest BCUT2D eigenvalue weighted by Crippen LogP contribution is -2.60. The lowest BCUT2D eigenvalue weighted by molar-refractivity contribution is -0.147. The number of halogens is 1. The maximum Gasteiger partial charge on any atom is 0.330 e. The molecule has 6 heteroatoms. The van der Waals surface area contributed by atoms with Crippen LogP contribution in [0.3, 0.4) is 0 Å². The molecule has 3 saturated carbocycles. The monoisotopic (exact) mass is 471 g/mol. The van der Waals surface area contributed by atoms with Crippen LogP contribution in [0.4, 0.5) is 5.69 Å². The van der Waals surface area contributed by atoms with Gasteiger partial charge in [0.2, 0.25) is 0 Å². The third-order valence-electron chi connectivity index (χ3n) is 7.83. The molecule has 0 bridgehead atoms. The summed E-state index contributed by atoms with van der Waals surface area (Å²) in [5.74, 6) is 1.28. The van der Waals surface area contributed by atoms with E-state index < -0.39 is 17.4 Å². The molecule has 1 aromatic carbocycles. The van der Waals surface area contributed by atoms with E-state index in [4.69, 9.17) is 22.8 Å². The fraction of sp³-hybridized carbons (Fsp3) is 0.630. The largest absolute Gasteiger partial charge is 0.489 e. The van der Waals surface area contributed by atoms with Crippen molar-refractivity contribution in [1.29, 1.82) is 0 Å². The average molecular weight is 472 g/mol. The van der Waals surface area contributed by atoms with Crippen LogP contribution in [0.1, 0.15) is 72.6 Å². The third kappa shape index (κ3) is 4.35. The van der Waals surface area contributed by atoms with E-state index in [0.717, 1.165) is 19.3 Å². The fourth-order valence-electron chi connectivity index (χ4n) is 7.33. The van der Waals surface area contributed by atoms with Crippen molar-refractivity contribution in [3.05, 3.63) is 23.2 Å². The Hall–Kier alpha value is -2.19. The van der Waals surface area contributed by atoms with Crippen LogP contribution in [0.5, 0.6) is 5.75 Å². The summed E-state index contributed by atoms with van der Waals surface area (Å²) in [5, 5.41) is 10.6. The van der Waals surface area contributed by atoms with E-state index in [1.165, 1.54) is 17.7 Å². The zero-order valence-corrected chi connectivity index (χ0v) is 20.7. The van der Waals surface area contributed by atoms with Crippen molar-refractivity contribution in [1.82, 2.24) is 0 Å². The second-order valence-electron chi connectivity index (χ2n) is 11.8. The predicted molar refractivity (Wildman–Crippen MR) is 129 cm³/mol. The maximum atomic E-state index is 12.9. The van der Waals surface area contributed by atoms with Crippen molar-refractivity contribution in [2.45, 2.75) is 84.3 Å². The van der Waals surface area contributed by atoms with Gasteiger partial charge in [0.15, 0.2) is 0 Å². The van der Waals surface area contributed by atoms with Gasteiger partial charge >= 0.3 is 11.9 Å². The summed E-state index contributed by atoms with van der Waals surface area (Å²) >= 11 is 6.57. The highest BCUT2D eigenvalue weighted by molar-refractivity contribution is 6.32. The quantitative estimate of drug-likeness (QED) is 0.540. The molecule has 1 amide bonds. The minimum absolute atomic E-state index is 0.137. The van der Waals surface area contributed by atoms with E-state index in [0.29, 0.717) is 40.1 Å². The van der Waals surface area contributed by atoms with Crippen molar-refractivity contribution < 1.29 is 19.4 Å². The predicted octanol–water partition coefficient (Wildman–Crippen LogP) is 5.93. The van der Waals surface area contributed by atoms with Gasteiger partial charge in [0, 0.05) is 5.69 Å². The van der Waals surface area contributed by atoms with Gasteiger partial charge in [0.05, 0.1) is 11.1 Å². The Bertz CT molecular complexity index is 984. The number of amides is 1. The number of carbonyl (C=O) groups excluding carboxylic acids is 1. The second-order valence-corrected chi connectivity index (χ2v) is 12.2. The zero-order valence-electron chi connectivity index (χ0n) is 20.0. The lowest BCUT2D eigenvalue weighted by Gasteiger charge is -2.61. The summed E-state index contributed by atoms with van der Waals surface area (Å²) < 4.78 is 6.16. The number of aliphatic carboxylic acids is 1. The van der Waals surface area contributed by atoms with Gasteiger partial charge in [0.25, 0.3) is 0 Å². The molecule has 3 fully saturated rings. The van der Waals surface area contributed by atoms with Crippen LogP contribution < -0.4 is 9.64 Å². The Morgan fingerprint density at radius 2 is 1.76 bits per heavy atom. The van der Waals surface area contributed by atoms with Crippen LogP contribution in [-0.4, -0.2) is 28.6 Å². The number of ether oxygens (including phenoxy) is 1. The first kappa shape index (κ1) is 24.0. The number of terminal acetylenes is 1. The summed E-state index contributed by atoms with van der Waals surface area (Å²) in [4.78, 5) is 26.7. The van der Waals surface area contributed by atoms with Crippen LogP contribution >= 0.6 is 11.6 Å². The number of nitrogens with zero attached hydrogens (tertiary/aromatic N) is 1. The van der Waals surface area contributed by atoms with Crippen molar-refractivity contribution in [2.75, 3.05) is 4.90 Å². The topological polar surface area (TPSA) is 66.8 Å². The highest BCUT2D eigenvalue weighted by Crippen LogP contribution is 2.64. The molecule has 0 aromatic heterocycles. The van der Waals surface area contributed by atoms with Crippen LogP contribution in [0.25, 0.3) is 0 Å². The van der Waals surface area contributed by atoms with E-state index in [1.807, 2.05) is 13.8 Å². The Labute approximate surface area is 201 Å². The maximum absolute atomic E-state index is 12.9. The molecule has 33 heavy (non-hydrogen) atoms. The third-order valence-corrected chi connectivity index (χ3v) is 8.12. The van der Waals surface area contributed by atoms with E-state index in [9.17, 15) is 14.7 Å². The minimum atomic E-state index is -1.40. The molecule has 1 N–H and O–H groups in total. The Kier molecular flexibility index (Phi) is 5.98. The number of benzene rings is 1. The van der Waals surface area contributed by atoms with Gasteiger partial charge in [-0.3, -0.25) is 9.69 Å². The summed E-state index contributed by atoms with van der Waals surface area (Å²) in [5.41, 5.74) is -0.140. The molecule has 5 nitrogen and oxygen atoms in total. The van der Waals surface area contributed by atoms with Gasteiger partial charge in [0.1, 0.15) is 11.3 Å². The molecule has 2 atom stereocenters. The molecule has 1 aromatic rings. The standard InChI is InChI=1S/C27H34ClNO4/c1-6-23(30)29(27(24(31)32)11-17(2)9-18(3)12-27)19-7-8-22(21(28)10-19)33-20-13-26(14-20)15-25(4,5)16-26/h1,7-8,10,17-18,20H,9,11-16H2,2-5H3,(H,31,32). The van der Waals surface area contributed by atoms with Gasteiger partial charge in [-0.05, 0) is 91.7 Å². The van der Waals surface area contributed by atoms with E-state index >= 15 is 0 Å². The molecular formula is C27H34ClNO4. The number of anilines is 1. The highest BCUT2D eigenvalue weighted by atomic mass is 35.5. The Morgan fingerprint density at radius 1 is 1.15 bits per heavy atom. The molecule has 0 saturated heterocycles. The first-order chi connectivity index (χ1) is 15.4. The molecular weight excluding hydrogens is 438 g/mol. The molecule has 2 unspecified atom stereocenters. The number of rotatable bonds is 5. The van der Waals surface area contributed by atoms with Gasteiger partial charge in [-0.2, -0.15) is 0 Å². The van der Waals surface area contributed by atoms with Crippen molar-refractivity contribution >= 4 is 29.2 Å². The van der Waals surface area contributed by atoms with Gasteiger partial charge < -0.3 is 9.84 Å². The van der Waals surface area contributed by atoms with E-state index in [1.54, 1.807) is 18.2 Å². The smallest absolute Gasteiger partial charge is 0.330 e. The van der Waals surface area contributed by atoms with Gasteiger partial charge in [-0.15, -0.1) is 6.42 Å². The van der Waals surface area contributed by atoms with E-state index in [-0.39, 0.29) is 17.9 Å². The molecule has 0 aliphatic heterocycles. The number of hydrogen-bond donors (Lipinski definition) is 1. The highest BCUT2D eigenvalue weighted by Gasteiger charge is 2.57. The summed E-state index contributed by atoms with van der Waals surface area (Å²) in [6, 6.07) is 5.04. The number of carbonyl (C=O) groups is 2. The second kappa shape index (κ2) is 8.24. The first-order valence-corrected chi connectivity index (χ1v) is 12.3. The van der Waals surface area contributed by atoms with Crippen LogP contribution in [-0.2, 0) is 9.59 Å². The summed E-state index contributed by atoms with van der Waals surface area (Å²) in [6.07, 6.45) is 11.8. The van der Waals surface area contributed by atoms with Gasteiger partial charge in [-0.25, -0.2) is 4.79 Å². The number of carboxylic acid groups (broad SMARTS) is 1. The van der Waals surface area contributed by atoms with E-state index in [2.05, 4.69) is 19.8 Å². The number of hydrogen-bond acceptors (Lipinski definition) is 3. The zero-order chi connectivity index (χ0) is 24.2. The van der Waals surface area contributed by atoms with Crippen LogP contribution in [0, 0.1) is 35.0 Å². The molecule has 178 valence electrons. The van der Waals surface area contributed by atoms with Crippen molar-refractivity contribution in [3.8, 4) is 18.1 Å². The average Bonchev–Trinajstić information content (AvgIpc) is 2.66. The lowest BCUT2D eigenvalue weighted by atomic mass is 9.45. The molecule has 1 spiro atoms. The molecule has 3 aliphatic carbocycles. The summed E-state index contributed by atoms with van der Waals surface area (Å²) in [6.45, 7) is 8.65. The summed E-state index contributed by atoms with van der Waals surface area (Å²) in [7, 11) is 0. The molecule has 4 rings (SSSR count). The van der Waals surface area contributed by atoms with Crippen molar-refractivity contribution in [3.63, 3.8) is 0 Å². The fourth-order valence-corrected chi connectivity index (χ4v) is 7.55. The van der Waals surface area contributed by atoms with Crippen LogP contribution in [0.15, 0.2) is 18.2 Å². The van der Waals surface area contributed by atoms with Crippen molar-refractivity contribution in [2.24, 2.45) is 22.7 Å². The normalized spacial score (nSPS) is 29.9. The van der Waals surface area contributed by atoms with Gasteiger partial charge in [-0.1, -0.05) is 39.3 Å². The Balaban J connectivity index is 1.57. The van der Waals surface area contributed by atoms with Crippen LogP contribution in [0.2, 0.25) is 5.02 Å².